The van der Waals surface area contributed by atoms with E-state index in [-0.39, 0.29) is 0 Å². The molecule has 1 saturated heterocycles. The van der Waals surface area contributed by atoms with Crippen molar-refractivity contribution in [2.45, 2.75) is 39.2 Å². The van der Waals surface area contributed by atoms with Crippen LogP contribution in [0.4, 0.5) is 5.82 Å². The first-order valence-corrected chi connectivity index (χ1v) is 8.00. The molecule has 1 aromatic carbocycles. The zero-order valence-electron chi connectivity index (χ0n) is 13.0. The standard InChI is InChI=1S/C17H24N4/c1-3-18-12-14-8-6-7-11-21(14)17-16-10-5-4-9-15(16)13(2)19-20-17/h4-5,9-10,14,18H,3,6-8,11-12H2,1-2H3. The van der Waals surface area contributed by atoms with Crippen LogP contribution in [0.25, 0.3) is 10.8 Å². The summed E-state index contributed by atoms with van der Waals surface area (Å²) in [6, 6.07) is 9.01. The Bertz CT molecular complexity index is 611. The summed E-state index contributed by atoms with van der Waals surface area (Å²) in [4.78, 5) is 2.46. The van der Waals surface area contributed by atoms with E-state index in [0.717, 1.165) is 31.1 Å². The number of fused-ring (bicyclic) bond motifs is 1. The van der Waals surface area contributed by atoms with Crippen molar-refractivity contribution in [1.82, 2.24) is 15.5 Å². The van der Waals surface area contributed by atoms with E-state index in [1.165, 1.54) is 30.0 Å². The van der Waals surface area contributed by atoms with Crippen molar-refractivity contribution in [3.8, 4) is 0 Å². The molecule has 0 spiro atoms. The van der Waals surface area contributed by atoms with Gasteiger partial charge in [-0.1, -0.05) is 31.2 Å². The van der Waals surface area contributed by atoms with Crippen molar-refractivity contribution < 1.29 is 0 Å². The Morgan fingerprint density at radius 3 is 2.81 bits per heavy atom. The van der Waals surface area contributed by atoms with Crippen LogP contribution in [0.5, 0.6) is 0 Å². The van der Waals surface area contributed by atoms with Gasteiger partial charge in [-0.3, -0.25) is 0 Å². The molecule has 1 atom stereocenters. The van der Waals surface area contributed by atoms with Crippen LogP contribution in [0, 0.1) is 6.92 Å². The monoisotopic (exact) mass is 284 g/mol. The predicted octanol–water partition coefficient (Wildman–Crippen LogP) is 2.91. The fourth-order valence-electron chi connectivity index (χ4n) is 3.24. The molecule has 0 bridgehead atoms. The zero-order valence-corrected chi connectivity index (χ0v) is 13.0. The number of aromatic nitrogens is 2. The number of anilines is 1. The van der Waals surface area contributed by atoms with Gasteiger partial charge >= 0.3 is 0 Å². The van der Waals surface area contributed by atoms with Crippen molar-refractivity contribution in [2.24, 2.45) is 0 Å². The van der Waals surface area contributed by atoms with E-state index in [9.17, 15) is 0 Å². The van der Waals surface area contributed by atoms with Crippen LogP contribution in [0.3, 0.4) is 0 Å². The van der Waals surface area contributed by atoms with Crippen molar-refractivity contribution >= 4 is 16.6 Å². The largest absolute Gasteiger partial charge is 0.350 e. The number of piperidine rings is 1. The van der Waals surface area contributed by atoms with Gasteiger partial charge in [0.2, 0.25) is 0 Å². The molecule has 112 valence electrons. The second-order valence-electron chi connectivity index (χ2n) is 5.81. The molecule has 0 amide bonds. The van der Waals surface area contributed by atoms with Gasteiger partial charge in [0.15, 0.2) is 5.82 Å². The molecule has 3 rings (SSSR count). The average molecular weight is 284 g/mol. The van der Waals surface area contributed by atoms with Crippen LogP contribution >= 0.6 is 0 Å². The number of likely N-dealkylation sites (N-methyl/N-ethyl adjacent to an activating group) is 1. The number of nitrogens with zero attached hydrogens (tertiary/aromatic N) is 3. The molecular weight excluding hydrogens is 260 g/mol. The molecule has 4 heteroatoms. The fraction of sp³-hybridized carbons (Fsp3) is 0.529. The third kappa shape index (κ3) is 2.86. The van der Waals surface area contributed by atoms with Crippen LogP contribution in [-0.2, 0) is 0 Å². The second-order valence-corrected chi connectivity index (χ2v) is 5.81. The molecule has 2 aromatic rings. The molecule has 1 unspecified atom stereocenters. The topological polar surface area (TPSA) is 41.0 Å². The Morgan fingerprint density at radius 2 is 2.00 bits per heavy atom. The summed E-state index contributed by atoms with van der Waals surface area (Å²) in [5.74, 6) is 1.05. The molecule has 1 aliphatic rings. The molecule has 1 N–H and O–H groups in total. The van der Waals surface area contributed by atoms with E-state index in [1.807, 2.05) is 6.92 Å². The third-order valence-electron chi connectivity index (χ3n) is 4.38. The molecule has 4 nitrogen and oxygen atoms in total. The Labute approximate surface area is 126 Å². The van der Waals surface area contributed by atoms with Crippen molar-refractivity contribution in [2.75, 3.05) is 24.5 Å². The van der Waals surface area contributed by atoms with Gasteiger partial charge in [0, 0.05) is 29.9 Å². The highest BCUT2D eigenvalue weighted by Gasteiger charge is 2.25. The summed E-state index contributed by atoms with van der Waals surface area (Å²) in [5.41, 5.74) is 1.01. The molecular formula is C17H24N4. The maximum Gasteiger partial charge on any atom is 0.159 e. The van der Waals surface area contributed by atoms with E-state index in [1.54, 1.807) is 0 Å². The summed E-state index contributed by atoms with van der Waals surface area (Å²) in [6.07, 6.45) is 3.78. The van der Waals surface area contributed by atoms with E-state index < -0.39 is 0 Å². The molecule has 21 heavy (non-hydrogen) atoms. The smallest absolute Gasteiger partial charge is 0.159 e. The Morgan fingerprint density at radius 1 is 1.19 bits per heavy atom. The Balaban J connectivity index is 1.99. The highest BCUT2D eigenvalue weighted by molar-refractivity contribution is 5.93. The highest BCUT2D eigenvalue weighted by Crippen LogP contribution is 2.30. The minimum absolute atomic E-state index is 0.527. The first kappa shape index (κ1) is 14.3. The number of benzene rings is 1. The van der Waals surface area contributed by atoms with Crippen LogP contribution < -0.4 is 10.2 Å². The summed E-state index contributed by atoms with van der Waals surface area (Å²) < 4.78 is 0. The molecule has 1 fully saturated rings. The van der Waals surface area contributed by atoms with Gasteiger partial charge < -0.3 is 10.2 Å². The van der Waals surface area contributed by atoms with Gasteiger partial charge in [-0.2, -0.15) is 5.10 Å². The number of hydrogen-bond acceptors (Lipinski definition) is 4. The summed E-state index contributed by atoms with van der Waals surface area (Å²) in [5, 5.41) is 14.9. The fourth-order valence-corrected chi connectivity index (χ4v) is 3.24. The Hall–Kier alpha value is -1.68. The first-order valence-electron chi connectivity index (χ1n) is 8.00. The lowest BCUT2D eigenvalue weighted by molar-refractivity contribution is 0.436. The summed E-state index contributed by atoms with van der Waals surface area (Å²) in [7, 11) is 0. The summed E-state index contributed by atoms with van der Waals surface area (Å²) in [6.45, 7) is 7.32. The van der Waals surface area contributed by atoms with Gasteiger partial charge in [0.25, 0.3) is 0 Å². The molecule has 0 aliphatic carbocycles. The molecule has 0 radical (unpaired) electrons. The highest BCUT2D eigenvalue weighted by atomic mass is 15.3. The van der Waals surface area contributed by atoms with Crippen LogP contribution in [0.1, 0.15) is 31.9 Å². The van der Waals surface area contributed by atoms with Crippen molar-refractivity contribution in [3.63, 3.8) is 0 Å². The van der Waals surface area contributed by atoms with Gasteiger partial charge in [-0.25, -0.2) is 0 Å². The quantitative estimate of drug-likeness (QED) is 0.937. The van der Waals surface area contributed by atoms with Gasteiger partial charge in [0.1, 0.15) is 0 Å². The lowest BCUT2D eigenvalue weighted by Crippen LogP contribution is -2.46. The lowest BCUT2D eigenvalue weighted by atomic mass is 10.0. The predicted molar refractivity (Wildman–Crippen MR) is 87.8 cm³/mol. The van der Waals surface area contributed by atoms with E-state index >= 15 is 0 Å². The van der Waals surface area contributed by atoms with Crippen LogP contribution in [-0.4, -0.2) is 35.9 Å². The normalized spacial score (nSPS) is 19.1. The van der Waals surface area contributed by atoms with Crippen LogP contribution in [0.2, 0.25) is 0 Å². The second kappa shape index (κ2) is 6.39. The van der Waals surface area contributed by atoms with Gasteiger partial charge in [0.05, 0.1) is 5.69 Å². The zero-order chi connectivity index (χ0) is 14.7. The molecule has 1 aliphatic heterocycles. The Kier molecular flexibility index (Phi) is 4.34. The average Bonchev–Trinajstić information content (AvgIpc) is 2.54. The maximum absolute atomic E-state index is 4.54. The molecule has 1 aromatic heterocycles. The minimum Gasteiger partial charge on any atom is -0.350 e. The number of aryl methyl sites for hydroxylation is 1. The number of rotatable bonds is 4. The first-order chi connectivity index (χ1) is 10.3. The van der Waals surface area contributed by atoms with Gasteiger partial charge in [-0.15, -0.1) is 5.10 Å². The molecule has 2 heterocycles. The van der Waals surface area contributed by atoms with Crippen molar-refractivity contribution in [1.29, 1.82) is 0 Å². The SMILES string of the molecule is CCNCC1CCCCN1c1nnc(C)c2ccccc12. The molecule has 0 saturated carbocycles. The van der Waals surface area contributed by atoms with Crippen LogP contribution in [0.15, 0.2) is 24.3 Å². The number of nitrogens with one attached hydrogen (secondary N) is 1. The summed E-state index contributed by atoms with van der Waals surface area (Å²) >= 11 is 0. The van der Waals surface area contributed by atoms with Crippen molar-refractivity contribution in [3.05, 3.63) is 30.0 Å². The maximum atomic E-state index is 4.54. The van der Waals surface area contributed by atoms with Gasteiger partial charge in [-0.05, 0) is 32.7 Å². The lowest BCUT2D eigenvalue weighted by Gasteiger charge is -2.37. The van der Waals surface area contributed by atoms with E-state index in [2.05, 4.69) is 51.6 Å². The number of hydrogen-bond donors (Lipinski definition) is 1. The van der Waals surface area contributed by atoms with E-state index in [0.29, 0.717) is 6.04 Å². The van der Waals surface area contributed by atoms with E-state index in [4.69, 9.17) is 0 Å². The third-order valence-corrected chi connectivity index (χ3v) is 4.38. The minimum atomic E-state index is 0.527.